The smallest absolute Gasteiger partial charge is 0.258 e. The van der Waals surface area contributed by atoms with Crippen molar-refractivity contribution in [3.63, 3.8) is 0 Å². The molecule has 6 nitrogen and oxygen atoms in total. The molecule has 2 aliphatic rings. The largest absolute Gasteiger partial charge is 0.380 e. The second-order valence-electron chi connectivity index (χ2n) is 9.77. The van der Waals surface area contributed by atoms with Crippen LogP contribution in [-0.2, 0) is 4.74 Å². The average molecular weight is 522 g/mol. The molecule has 0 aromatic carbocycles. The molecular formula is C30H39N3O3S. The highest BCUT2D eigenvalue weighted by Crippen LogP contribution is 2.38. The van der Waals surface area contributed by atoms with E-state index < -0.39 is 0 Å². The number of carbonyl (C=O) groups excluding carboxylic acids is 1. The highest BCUT2D eigenvalue weighted by Gasteiger charge is 2.50. The number of nitrogens with one attached hydrogen (secondary N) is 1. The van der Waals surface area contributed by atoms with Gasteiger partial charge in [-0.2, -0.15) is 0 Å². The van der Waals surface area contributed by atoms with Crippen LogP contribution in [0.1, 0.15) is 69.9 Å². The molecule has 1 spiro atoms. The summed E-state index contributed by atoms with van der Waals surface area (Å²) in [6, 6.07) is 1.66. The zero-order valence-electron chi connectivity index (χ0n) is 22.7. The van der Waals surface area contributed by atoms with Crippen molar-refractivity contribution in [3.8, 4) is 10.6 Å². The summed E-state index contributed by atoms with van der Waals surface area (Å²) < 4.78 is 5.29. The molecule has 1 N–H and O–H groups in total. The Kier molecular flexibility index (Phi) is 10.0. The predicted octanol–water partition coefficient (Wildman–Crippen LogP) is 6.65. The minimum atomic E-state index is -0.253. The second kappa shape index (κ2) is 13.0. The lowest BCUT2D eigenvalue weighted by atomic mass is 9.78. The number of amides is 1. The fraction of sp³-hybridized carbons (Fsp3) is 0.433. The molecule has 0 saturated carbocycles. The topological polar surface area (TPSA) is 75.3 Å². The van der Waals surface area contributed by atoms with Crippen molar-refractivity contribution in [2.45, 2.75) is 53.9 Å². The minimum Gasteiger partial charge on any atom is -0.380 e. The van der Waals surface area contributed by atoms with Gasteiger partial charge in [-0.3, -0.25) is 9.59 Å². The van der Waals surface area contributed by atoms with E-state index in [4.69, 9.17) is 9.72 Å². The first-order valence-corrected chi connectivity index (χ1v) is 13.9. The highest BCUT2D eigenvalue weighted by atomic mass is 32.1. The molecule has 0 aliphatic carbocycles. The Bertz CT molecular complexity index is 1250. The zero-order chi connectivity index (χ0) is 27.0. The molecule has 2 aromatic heterocycles. The summed E-state index contributed by atoms with van der Waals surface area (Å²) in [7, 11) is 0. The number of aromatic nitrogens is 2. The first kappa shape index (κ1) is 28.5. The number of rotatable bonds is 8. The first-order valence-electron chi connectivity index (χ1n) is 13.0. The lowest BCUT2D eigenvalue weighted by molar-refractivity contribution is -0.176. The van der Waals surface area contributed by atoms with Gasteiger partial charge in [-0.05, 0) is 31.9 Å². The van der Waals surface area contributed by atoms with E-state index in [-0.39, 0.29) is 16.9 Å². The summed E-state index contributed by atoms with van der Waals surface area (Å²) in [6.45, 7) is 17.2. The van der Waals surface area contributed by atoms with E-state index in [1.807, 2.05) is 23.3 Å². The third-order valence-electron chi connectivity index (χ3n) is 6.38. The van der Waals surface area contributed by atoms with Gasteiger partial charge in [-0.25, -0.2) is 4.98 Å². The van der Waals surface area contributed by atoms with Crippen molar-refractivity contribution in [1.82, 2.24) is 14.9 Å². The fourth-order valence-electron chi connectivity index (χ4n) is 4.53. The van der Waals surface area contributed by atoms with Crippen LogP contribution in [0.4, 0.5) is 0 Å². The Balaban J connectivity index is 0.00000121. The number of hydrogen-bond donors (Lipinski definition) is 1. The Morgan fingerprint density at radius 1 is 1.30 bits per heavy atom. The lowest BCUT2D eigenvalue weighted by Crippen LogP contribution is -2.67. The Morgan fingerprint density at radius 2 is 2.00 bits per heavy atom. The molecule has 0 unspecified atom stereocenters. The molecule has 2 aromatic rings. The Hall–Kier alpha value is -3.03. The normalized spacial score (nSPS) is 17.0. The number of likely N-dealkylation sites (tertiary alicyclic amines) is 1. The number of aromatic amines is 1. The van der Waals surface area contributed by atoms with Crippen LogP contribution in [0.25, 0.3) is 16.1 Å². The Labute approximate surface area is 224 Å². The zero-order valence-corrected chi connectivity index (χ0v) is 23.5. The van der Waals surface area contributed by atoms with Crippen LogP contribution < -0.4 is 5.56 Å². The van der Waals surface area contributed by atoms with Gasteiger partial charge < -0.3 is 14.6 Å². The van der Waals surface area contributed by atoms with Gasteiger partial charge in [0.25, 0.3) is 11.5 Å². The predicted molar refractivity (Wildman–Crippen MR) is 154 cm³/mol. The van der Waals surface area contributed by atoms with Crippen LogP contribution in [-0.4, -0.2) is 47.1 Å². The number of ether oxygens (including phenoxy) is 1. The van der Waals surface area contributed by atoms with Crippen molar-refractivity contribution in [1.29, 1.82) is 0 Å². The molecule has 2 saturated heterocycles. The van der Waals surface area contributed by atoms with Gasteiger partial charge in [0.05, 0.1) is 35.4 Å². The quantitative estimate of drug-likeness (QED) is 0.395. The summed E-state index contributed by atoms with van der Waals surface area (Å²) in [4.78, 5) is 34.9. The van der Waals surface area contributed by atoms with Crippen LogP contribution in [0.3, 0.4) is 0 Å². The van der Waals surface area contributed by atoms with Gasteiger partial charge in [-0.15, -0.1) is 11.3 Å². The van der Waals surface area contributed by atoms with E-state index in [1.165, 1.54) is 29.5 Å². The molecule has 0 atom stereocenters. The molecule has 7 heteroatoms. The van der Waals surface area contributed by atoms with E-state index in [1.54, 1.807) is 12.1 Å². The lowest BCUT2D eigenvalue weighted by Gasteiger charge is -2.54. The number of pyridine rings is 1. The van der Waals surface area contributed by atoms with Gasteiger partial charge in [0.15, 0.2) is 0 Å². The van der Waals surface area contributed by atoms with Crippen molar-refractivity contribution in [2.75, 3.05) is 26.3 Å². The summed E-state index contributed by atoms with van der Waals surface area (Å²) in [5, 5.41) is 2.56. The molecule has 198 valence electrons. The first-order chi connectivity index (χ1) is 17.8. The van der Waals surface area contributed by atoms with Crippen LogP contribution in [0.5, 0.6) is 0 Å². The minimum absolute atomic E-state index is 0.0732. The van der Waals surface area contributed by atoms with Gasteiger partial charge in [0.1, 0.15) is 5.01 Å². The SMILES string of the molecule is C=C\C=C/C(=C(\C)CCC)C(=C\C)/c1csc(-c2cc(C(=O)N3CC4(COC4)C3)c[nH]c2=O)n1.CCC. The third kappa shape index (κ3) is 6.46. The average Bonchev–Trinajstić information content (AvgIpc) is 3.30. The van der Waals surface area contributed by atoms with Crippen LogP contribution in [0, 0.1) is 5.41 Å². The molecule has 0 bridgehead atoms. The van der Waals surface area contributed by atoms with Crippen LogP contribution in [0.2, 0.25) is 0 Å². The highest BCUT2D eigenvalue weighted by molar-refractivity contribution is 7.13. The fourth-order valence-corrected chi connectivity index (χ4v) is 5.36. The molecular weight excluding hydrogens is 482 g/mol. The molecule has 1 amide bonds. The van der Waals surface area contributed by atoms with Crippen LogP contribution in [0.15, 0.2) is 64.5 Å². The molecule has 37 heavy (non-hydrogen) atoms. The molecule has 2 aliphatic heterocycles. The standard InChI is InChI=1S/C27H31N3O3S.C3H8/c1-5-8-10-21(18(4)9-6-2)20(7-3)23-13-34-25(29-23)22-11-19(12-28-24(22)31)26(32)30-14-27(15-30)16-33-17-27;1-3-2/h5,7-8,10-13H,1,6,9,14-17H2,2-4H3,(H,28,31);3H2,1-2H3/b10-8-,20-7+,21-18-;. The summed E-state index contributed by atoms with van der Waals surface area (Å²) in [6.07, 6.45) is 12.6. The van der Waals surface area contributed by atoms with Gasteiger partial charge in [0.2, 0.25) is 0 Å². The summed E-state index contributed by atoms with van der Waals surface area (Å²) >= 11 is 1.41. The van der Waals surface area contributed by atoms with Crippen molar-refractivity contribution >= 4 is 22.8 Å². The van der Waals surface area contributed by atoms with E-state index in [2.05, 4.69) is 51.4 Å². The molecule has 4 rings (SSSR count). The maximum atomic E-state index is 13.0. The third-order valence-corrected chi connectivity index (χ3v) is 7.26. The molecule has 2 fully saturated rings. The maximum Gasteiger partial charge on any atom is 0.258 e. The number of H-pyrrole nitrogens is 1. The summed E-state index contributed by atoms with van der Waals surface area (Å²) in [5.41, 5.74) is 5.00. The number of allylic oxidation sites excluding steroid dienone is 7. The van der Waals surface area contributed by atoms with E-state index in [0.29, 0.717) is 29.2 Å². The summed E-state index contributed by atoms with van der Waals surface area (Å²) in [5.74, 6) is -0.0732. The molecule has 4 heterocycles. The Morgan fingerprint density at radius 3 is 2.57 bits per heavy atom. The number of carbonyl (C=O) groups is 1. The van der Waals surface area contributed by atoms with E-state index in [0.717, 1.165) is 42.9 Å². The molecule has 0 radical (unpaired) electrons. The number of nitrogens with zero attached hydrogens (tertiary/aromatic N) is 2. The van der Waals surface area contributed by atoms with Gasteiger partial charge >= 0.3 is 0 Å². The van der Waals surface area contributed by atoms with E-state index >= 15 is 0 Å². The van der Waals surface area contributed by atoms with Crippen molar-refractivity contribution in [2.24, 2.45) is 5.41 Å². The maximum absolute atomic E-state index is 13.0. The van der Waals surface area contributed by atoms with Crippen molar-refractivity contribution in [3.05, 3.63) is 81.3 Å². The van der Waals surface area contributed by atoms with E-state index in [9.17, 15) is 9.59 Å². The monoisotopic (exact) mass is 521 g/mol. The van der Waals surface area contributed by atoms with Gasteiger partial charge in [0, 0.05) is 30.2 Å². The second-order valence-corrected chi connectivity index (χ2v) is 10.6. The number of hydrogen-bond acceptors (Lipinski definition) is 5. The van der Waals surface area contributed by atoms with Crippen LogP contribution >= 0.6 is 11.3 Å². The number of thiazole rings is 1. The van der Waals surface area contributed by atoms with Crippen molar-refractivity contribution < 1.29 is 9.53 Å². The van der Waals surface area contributed by atoms with Gasteiger partial charge in [-0.1, -0.05) is 70.1 Å².